The molecule has 2 aromatic heterocycles. The Morgan fingerprint density at radius 1 is 0.667 bits per heavy atom. The highest BCUT2D eigenvalue weighted by atomic mass is 33.1. The number of thiazole rings is 2. The molecule has 0 fully saturated rings. The summed E-state index contributed by atoms with van der Waals surface area (Å²) in [5.74, 6) is 1.10. The monoisotopic (exact) mass is 408 g/mol. The van der Waals surface area contributed by atoms with E-state index in [1.807, 2.05) is 27.7 Å². The molecule has 0 saturated carbocycles. The third-order valence-corrected chi connectivity index (χ3v) is 7.26. The van der Waals surface area contributed by atoms with Crippen LogP contribution >= 0.6 is 44.3 Å². The summed E-state index contributed by atoms with van der Waals surface area (Å²) in [4.78, 5) is 8.93. The lowest BCUT2D eigenvalue weighted by Gasteiger charge is -2.01. The predicted molar refractivity (Wildman–Crippen MR) is 101 cm³/mol. The standard InChI is InChI=1S/C14H20N2O4S4/c1-5-17-9-11(19-7-3)21-13(15-9)23-24-14-16-10(18-6-2)12(22-14)20-8-4/h5-8H2,1-4H3. The van der Waals surface area contributed by atoms with Crippen molar-refractivity contribution in [1.82, 2.24) is 9.97 Å². The molecule has 0 amide bonds. The maximum atomic E-state index is 5.56. The van der Waals surface area contributed by atoms with E-state index in [2.05, 4.69) is 9.97 Å². The Labute approximate surface area is 157 Å². The van der Waals surface area contributed by atoms with Crippen LogP contribution in [0.4, 0.5) is 0 Å². The molecular formula is C14H20N2O4S4. The van der Waals surface area contributed by atoms with Crippen molar-refractivity contribution in [2.24, 2.45) is 0 Å². The minimum absolute atomic E-state index is 0.552. The number of hydrogen-bond acceptors (Lipinski definition) is 10. The van der Waals surface area contributed by atoms with Gasteiger partial charge in [-0.1, -0.05) is 22.7 Å². The van der Waals surface area contributed by atoms with Gasteiger partial charge in [0.2, 0.25) is 10.1 Å². The van der Waals surface area contributed by atoms with Crippen molar-refractivity contribution >= 4 is 44.3 Å². The smallest absolute Gasteiger partial charge is 0.270 e. The molecule has 0 unspecified atom stereocenters. The maximum Gasteiger partial charge on any atom is 0.270 e. The first-order valence-electron chi connectivity index (χ1n) is 7.59. The second-order valence-corrected chi connectivity index (χ2v) is 8.59. The Bertz CT molecular complexity index is 531. The van der Waals surface area contributed by atoms with Gasteiger partial charge < -0.3 is 18.9 Å². The third-order valence-electron chi connectivity index (χ3n) is 2.39. The van der Waals surface area contributed by atoms with Crippen molar-refractivity contribution in [3.05, 3.63) is 0 Å². The van der Waals surface area contributed by atoms with E-state index in [9.17, 15) is 0 Å². The number of nitrogens with zero attached hydrogens (tertiary/aromatic N) is 2. The van der Waals surface area contributed by atoms with Gasteiger partial charge in [-0.2, -0.15) is 9.97 Å². The molecule has 0 atom stereocenters. The van der Waals surface area contributed by atoms with E-state index in [1.54, 1.807) is 0 Å². The van der Waals surface area contributed by atoms with Crippen LogP contribution in [0.3, 0.4) is 0 Å². The van der Waals surface area contributed by atoms with Gasteiger partial charge >= 0.3 is 0 Å². The summed E-state index contributed by atoms with van der Waals surface area (Å²) in [5, 5.41) is 1.43. The topological polar surface area (TPSA) is 62.7 Å². The molecule has 0 radical (unpaired) electrons. The van der Waals surface area contributed by atoms with Crippen LogP contribution in [0.1, 0.15) is 27.7 Å². The second-order valence-electron chi connectivity index (χ2n) is 4.04. The first-order valence-corrected chi connectivity index (χ1v) is 11.4. The number of aromatic nitrogens is 2. The van der Waals surface area contributed by atoms with Crippen LogP contribution in [0.5, 0.6) is 21.9 Å². The highest BCUT2D eigenvalue weighted by molar-refractivity contribution is 8.77. The summed E-state index contributed by atoms with van der Waals surface area (Å²) in [5.41, 5.74) is 0. The van der Waals surface area contributed by atoms with Gasteiger partial charge in [-0.15, -0.1) is 0 Å². The molecule has 0 aromatic carbocycles. The van der Waals surface area contributed by atoms with Crippen LogP contribution < -0.4 is 18.9 Å². The van der Waals surface area contributed by atoms with Crippen molar-refractivity contribution in [3.63, 3.8) is 0 Å². The summed E-state index contributed by atoms with van der Waals surface area (Å²) < 4.78 is 23.9. The second kappa shape index (κ2) is 10.2. The number of hydrogen-bond donors (Lipinski definition) is 0. The SMILES string of the molecule is CCOc1nc(SSc2nc(OCC)c(OCC)s2)sc1OCC. The molecule has 2 heterocycles. The van der Waals surface area contributed by atoms with Gasteiger partial charge in [-0.25, -0.2) is 0 Å². The van der Waals surface area contributed by atoms with Gasteiger partial charge in [0.05, 0.1) is 26.4 Å². The van der Waals surface area contributed by atoms with Gasteiger partial charge in [0.15, 0.2) is 8.68 Å². The molecule has 0 saturated heterocycles. The lowest BCUT2D eigenvalue weighted by atomic mass is 10.7. The number of rotatable bonds is 11. The average Bonchev–Trinajstić information content (AvgIpc) is 3.12. The third kappa shape index (κ3) is 5.33. The summed E-state index contributed by atoms with van der Waals surface area (Å²) in [6.07, 6.45) is 0. The molecule has 0 aliphatic rings. The van der Waals surface area contributed by atoms with E-state index in [4.69, 9.17) is 18.9 Å². The number of ether oxygens (including phenoxy) is 4. The highest BCUT2D eigenvalue weighted by Crippen LogP contribution is 2.48. The van der Waals surface area contributed by atoms with Crippen LogP contribution in [0.2, 0.25) is 0 Å². The van der Waals surface area contributed by atoms with E-state index in [1.165, 1.54) is 44.3 Å². The Hall–Kier alpha value is -0.840. The molecule has 10 heteroatoms. The van der Waals surface area contributed by atoms with E-state index in [-0.39, 0.29) is 0 Å². The van der Waals surface area contributed by atoms with E-state index < -0.39 is 0 Å². The Morgan fingerprint density at radius 2 is 1.04 bits per heavy atom. The van der Waals surface area contributed by atoms with Crippen LogP contribution in [0.15, 0.2) is 8.68 Å². The van der Waals surface area contributed by atoms with Gasteiger partial charge in [0, 0.05) is 0 Å². The molecule has 2 aromatic rings. The Balaban J connectivity index is 2.04. The highest BCUT2D eigenvalue weighted by Gasteiger charge is 2.18. The van der Waals surface area contributed by atoms with Gasteiger partial charge in [0.25, 0.3) is 11.8 Å². The molecule has 2 rings (SSSR count). The molecule has 24 heavy (non-hydrogen) atoms. The average molecular weight is 409 g/mol. The maximum absolute atomic E-state index is 5.56. The minimum Gasteiger partial charge on any atom is -0.480 e. The Kier molecular flexibility index (Phi) is 8.30. The van der Waals surface area contributed by atoms with Gasteiger partial charge in [-0.3, -0.25) is 0 Å². The summed E-state index contributed by atoms with van der Waals surface area (Å²) in [7, 11) is 3.04. The quantitative estimate of drug-likeness (QED) is 0.482. The zero-order chi connectivity index (χ0) is 17.4. The summed E-state index contributed by atoms with van der Waals surface area (Å²) in [6.45, 7) is 10.0. The largest absolute Gasteiger partial charge is 0.480 e. The van der Waals surface area contributed by atoms with Gasteiger partial charge in [-0.05, 0) is 49.3 Å². The zero-order valence-electron chi connectivity index (χ0n) is 14.0. The van der Waals surface area contributed by atoms with Crippen molar-refractivity contribution < 1.29 is 18.9 Å². The fourth-order valence-electron chi connectivity index (χ4n) is 1.59. The fraction of sp³-hybridized carbons (Fsp3) is 0.571. The van der Waals surface area contributed by atoms with Gasteiger partial charge in [0.1, 0.15) is 0 Å². The lowest BCUT2D eigenvalue weighted by Crippen LogP contribution is -1.96. The normalized spacial score (nSPS) is 10.7. The molecule has 0 aliphatic heterocycles. The minimum atomic E-state index is 0.552. The fourth-order valence-corrected chi connectivity index (χ4v) is 5.89. The summed E-state index contributed by atoms with van der Waals surface area (Å²) in [6, 6.07) is 0. The summed E-state index contributed by atoms with van der Waals surface area (Å²) >= 11 is 2.95. The molecule has 0 aliphatic carbocycles. The van der Waals surface area contributed by atoms with Crippen molar-refractivity contribution in [1.29, 1.82) is 0 Å². The van der Waals surface area contributed by atoms with E-state index >= 15 is 0 Å². The Morgan fingerprint density at radius 3 is 1.38 bits per heavy atom. The molecule has 134 valence electrons. The van der Waals surface area contributed by atoms with Crippen LogP contribution in [0.25, 0.3) is 0 Å². The van der Waals surface area contributed by atoms with Crippen LogP contribution in [-0.4, -0.2) is 36.4 Å². The van der Waals surface area contributed by atoms with Crippen molar-refractivity contribution in [2.45, 2.75) is 36.4 Å². The zero-order valence-corrected chi connectivity index (χ0v) is 17.3. The van der Waals surface area contributed by atoms with Crippen LogP contribution in [-0.2, 0) is 0 Å². The van der Waals surface area contributed by atoms with Crippen molar-refractivity contribution in [3.8, 4) is 21.9 Å². The van der Waals surface area contributed by atoms with Crippen LogP contribution in [0, 0.1) is 0 Å². The first kappa shape index (κ1) is 19.5. The van der Waals surface area contributed by atoms with E-state index in [0.717, 1.165) is 8.68 Å². The first-order chi connectivity index (χ1) is 11.7. The molecule has 0 N–H and O–H groups in total. The predicted octanol–water partition coefficient (Wildman–Crippen LogP) is 4.99. The van der Waals surface area contributed by atoms with E-state index in [0.29, 0.717) is 48.3 Å². The lowest BCUT2D eigenvalue weighted by molar-refractivity contribution is 0.286. The molecular weight excluding hydrogens is 388 g/mol. The molecule has 0 spiro atoms. The molecule has 6 nitrogen and oxygen atoms in total. The van der Waals surface area contributed by atoms with Crippen molar-refractivity contribution in [2.75, 3.05) is 26.4 Å². The molecule has 0 bridgehead atoms.